The summed E-state index contributed by atoms with van der Waals surface area (Å²) in [6.07, 6.45) is 4.39. The molecule has 0 spiro atoms. The second-order valence-corrected chi connectivity index (χ2v) is 5.14. The fraction of sp³-hybridized carbons (Fsp3) is 0.833. The lowest BCUT2D eigenvalue weighted by Gasteiger charge is -2.22. The highest BCUT2D eigenvalue weighted by Gasteiger charge is 2.39. The average molecular weight is 241 g/mol. The van der Waals surface area contributed by atoms with E-state index < -0.39 is 18.1 Å². The number of carboxylic acids is 1. The van der Waals surface area contributed by atoms with E-state index >= 15 is 0 Å². The van der Waals surface area contributed by atoms with Crippen molar-refractivity contribution >= 4 is 11.9 Å². The van der Waals surface area contributed by atoms with Gasteiger partial charge in [-0.05, 0) is 18.8 Å². The number of carboxylic acid groups (broad SMARTS) is 1. The van der Waals surface area contributed by atoms with E-state index in [-0.39, 0.29) is 18.9 Å². The lowest BCUT2D eigenvalue weighted by Crippen LogP contribution is -2.41. The molecule has 2 atom stereocenters. The van der Waals surface area contributed by atoms with Gasteiger partial charge in [-0.3, -0.25) is 4.79 Å². The summed E-state index contributed by atoms with van der Waals surface area (Å²) in [6.45, 7) is 0.169. The quantitative estimate of drug-likeness (QED) is 0.759. The Kier molecular flexibility index (Phi) is 3.66. The van der Waals surface area contributed by atoms with Crippen molar-refractivity contribution in [2.45, 2.75) is 50.7 Å². The van der Waals surface area contributed by atoms with Crippen molar-refractivity contribution in [3.8, 4) is 0 Å². The lowest BCUT2D eigenvalue weighted by atomic mass is 10.0. The number of aliphatic hydroxyl groups is 1. The molecule has 96 valence electrons. The third-order valence-corrected chi connectivity index (χ3v) is 3.82. The van der Waals surface area contributed by atoms with Gasteiger partial charge >= 0.3 is 5.97 Å². The number of aliphatic hydroxyl groups excluding tert-OH is 1. The first-order chi connectivity index (χ1) is 8.08. The Morgan fingerprint density at radius 3 is 2.47 bits per heavy atom. The van der Waals surface area contributed by atoms with Gasteiger partial charge in [0, 0.05) is 19.4 Å². The van der Waals surface area contributed by atoms with E-state index in [9.17, 15) is 14.7 Å². The van der Waals surface area contributed by atoms with Crippen LogP contribution in [0.15, 0.2) is 0 Å². The van der Waals surface area contributed by atoms with Crippen LogP contribution in [0.4, 0.5) is 0 Å². The number of aliphatic carboxylic acids is 1. The van der Waals surface area contributed by atoms with Crippen LogP contribution in [-0.4, -0.2) is 45.7 Å². The molecular weight excluding hydrogens is 222 g/mol. The third kappa shape index (κ3) is 2.77. The molecule has 1 aliphatic carbocycles. The molecule has 1 saturated heterocycles. The van der Waals surface area contributed by atoms with Crippen molar-refractivity contribution < 1.29 is 19.8 Å². The molecule has 5 nitrogen and oxygen atoms in total. The standard InChI is InChI=1S/C12H19NO4/c14-9-6-10(12(16)17)13(7-9)11(15)5-8-3-1-2-4-8/h8-10,14H,1-7H2,(H,16,17)/t9?,10-/m0/s1. The molecule has 0 aromatic carbocycles. The van der Waals surface area contributed by atoms with Gasteiger partial charge in [0.25, 0.3) is 0 Å². The summed E-state index contributed by atoms with van der Waals surface area (Å²) >= 11 is 0. The largest absolute Gasteiger partial charge is 0.480 e. The molecule has 1 aliphatic heterocycles. The average Bonchev–Trinajstić information content (AvgIpc) is 2.86. The van der Waals surface area contributed by atoms with Crippen molar-refractivity contribution in [2.24, 2.45) is 5.92 Å². The monoisotopic (exact) mass is 241 g/mol. The van der Waals surface area contributed by atoms with Crippen molar-refractivity contribution in [3.63, 3.8) is 0 Å². The summed E-state index contributed by atoms with van der Waals surface area (Å²) in [4.78, 5) is 24.3. The molecule has 5 heteroatoms. The van der Waals surface area contributed by atoms with Gasteiger partial charge in [-0.25, -0.2) is 4.79 Å². The molecule has 1 unspecified atom stereocenters. The molecular formula is C12H19NO4. The Morgan fingerprint density at radius 1 is 1.24 bits per heavy atom. The normalized spacial score (nSPS) is 29.8. The van der Waals surface area contributed by atoms with E-state index in [0.717, 1.165) is 12.8 Å². The van der Waals surface area contributed by atoms with Gasteiger partial charge in [-0.1, -0.05) is 12.8 Å². The molecule has 2 rings (SSSR count). The van der Waals surface area contributed by atoms with Crippen LogP contribution in [0.2, 0.25) is 0 Å². The number of hydrogen-bond donors (Lipinski definition) is 2. The van der Waals surface area contributed by atoms with Crippen LogP contribution in [0.3, 0.4) is 0 Å². The summed E-state index contributed by atoms with van der Waals surface area (Å²) in [5.74, 6) is -0.711. The first-order valence-electron chi connectivity index (χ1n) is 6.28. The van der Waals surface area contributed by atoms with Crippen LogP contribution < -0.4 is 0 Å². The third-order valence-electron chi connectivity index (χ3n) is 3.82. The minimum atomic E-state index is -1.01. The number of carbonyl (C=O) groups excluding carboxylic acids is 1. The Labute approximate surface area is 100 Å². The molecule has 1 amide bonds. The van der Waals surface area contributed by atoms with E-state index in [1.165, 1.54) is 17.7 Å². The van der Waals surface area contributed by atoms with Crippen LogP contribution in [0.1, 0.15) is 38.5 Å². The molecule has 2 fully saturated rings. The second kappa shape index (κ2) is 5.04. The smallest absolute Gasteiger partial charge is 0.326 e. The van der Waals surface area contributed by atoms with Crippen LogP contribution in [0.25, 0.3) is 0 Å². The first-order valence-corrected chi connectivity index (χ1v) is 6.28. The molecule has 1 heterocycles. The number of rotatable bonds is 3. The van der Waals surface area contributed by atoms with Crippen molar-refractivity contribution in [1.82, 2.24) is 4.90 Å². The minimum absolute atomic E-state index is 0.110. The molecule has 0 bridgehead atoms. The van der Waals surface area contributed by atoms with Gasteiger partial charge in [-0.2, -0.15) is 0 Å². The summed E-state index contributed by atoms with van der Waals surface area (Å²) in [6, 6.07) is -0.834. The highest BCUT2D eigenvalue weighted by molar-refractivity contribution is 5.84. The number of hydrogen-bond acceptors (Lipinski definition) is 3. The van der Waals surface area contributed by atoms with Gasteiger partial charge < -0.3 is 15.1 Å². The van der Waals surface area contributed by atoms with E-state index in [1.807, 2.05) is 0 Å². The number of likely N-dealkylation sites (tertiary alicyclic amines) is 1. The lowest BCUT2D eigenvalue weighted by molar-refractivity contribution is -0.148. The highest BCUT2D eigenvalue weighted by Crippen LogP contribution is 2.29. The fourth-order valence-electron chi connectivity index (χ4n) is 2.90. The first kappa shape index (κ1) is 12.4. The SMILES string of the molecule is O=C(O)[C@@H]1CC(O)CN1C(=O)CC1CCCC1. The van der Waals surface area contributed by atoms with Crippen LogP contribution in [0.5, 0.6) is 0 Å². The molecule has 0 aromatic heterocycles. The van der Waals surface area contributed by atoms with Gasteiger partial charge in [-0.15, -0.1) is 0 Å². The maximum absolute atomic E-state index is 12.0. The Hall–Kier alpha value is -1.10. The van der Waals surface area contributed by atoms with Crippen LogP contribution in [-0.2, 0) is 9.59 Å². The zero-order valence-electron chi connectivity index (χ0n) is 9.84. The minimum Gasteiger partial charge on any atom is -0.480 e. The number of nitrogens with zero attached hydrogens (tertiary/aromatic N) is 1. The van der Waals surface area contributed by atoms with Gasteiger partial charge in [0.1, 0.15) is 6.04 Å². The van der Waals surface area contributed by atoms with E-state index in [1.54, 1.807) is 0 Å². The van der Waals surface area contributed by atoms with Gasteiger partial charge in [0.2, 0.25) is 5.91 Å². The van der Waals surface area contributed by atoms with Gasteiger partial charge in [0.05, 0.1) is 6.10 Å². The molecule has 17 heavy (non-hydrogen) atoms. The Bertz CT molecular complexity index is 312. The summed E-state index contributed by atoms with van der Waals surface area (Å²) in [5.41, 5.74) is 0. The maximum Gasteiger partial charge on any atom is 0.326 e. The van der Waals surface area contributed by atoms with E-state index in [0.29, 0.717) is 12.3 Å². The Balaban J connectivity index is 1.94. The molecule has 0 aromatic rings. The Morgan fingerprint density at radius 2 is 1.88 bits per heavy atom. The molecule has 2 aliphatic rings. The van der Waals surface area contributed by atoms with E-state index in [4.69, 9.17) is 5.11 Å². The highest BCUT2D eigenvalue weighted by atomic mass is 16.4. The topological polar surface area (TPSA) is 77.8 Å². The predicted molar refractivity (Wildman–Crippen MR) is 60.3 cm³/mol. The molecule has 0 radical (unpaired) electrons. The fourth-order valence-corrected chi connectivity index (χ4v) is 2.90. The molecule has 2 N–H and O–H groups in total. The maximum atomic E-state index is 12.0. The second-order valence-electron chi connectivity index (χ2n) is 5.14. The summed E-state index contributed by atoms with van der Waals surface area (Å²) in [7, 11) is 0. The van der Waals surface area contributed by atoms with Crippen molar-refractivity contribution in [3.05, 3.63) is 0 Å². The van der Waals surface area contributed by atoms with Gasteiger partial charge in [0.15, 0.2) is 0 Å². The van der Waals surface area contributed by atoms with Crippen LogP contribution in [0, 0.1) is 5.92 Å². The summed E-state index contributed by atoms with van der Waals surface area (Å²) < 4.78 is 0. The molecule has 1 saturated carbocycles. The van der Waals surface area contributed by atoms with Crippen molar-refractivity contribution in [1.29, 1.82) is 0 Å². The van der Waals surface area contributed by atoms with E-state index in [2.05, 4.69) is 0 Å². The zero-order valence-corrected chi connectivity index (χ0v) is 9.84. The van der Waals surface area contributed by atoms with Crippen LogP contribution >= 0.6 is 0 Å². The zero-order chi connectivity index (χ0) is 12.4. The number of amides is 1. The van der Waals surface area contributed by atoms with Crippen molar-refractivity contribution in [2.75, 3.05) is 6.54 Å². The number of β-amino-alcohol motifs (C(OH)–C–C–N with tert-alkyl or cyclic N) is 1. The predicted octanol–water partition coefficient (Wildman–Crippen LogP) is 0.613. The number of carbonyl (C=O) groups is 2. The summed E-state index contributed by atoms with van der Waals surface area (Å²) in [5, 5.41) is 18.5.